The monoisotopic (exact) mass is 341 g/mol. The smallest absolute Gasteiger partial charge is 0.191 e. The maximum Gasteiger partial charge on any atom is 0.191 e. The van der Waals surface area contributed by atoms with Crippen molar-refractivity contribution in [2.24, 2.45) is 4.99 Å². The summed E-state index contributed by atoms with van der Waals surface area (Å²) in [6.07, 6.45) is 0. The highest BCUT2D eigenvalue weighted by atomic mass is 16.5. The van der Waals surface area contributed by atoms with Crippen LogP contribution in [0, 0.1) is 0 Å². The van der Waals surface area contributed by atoms with E-state index in [0.29, 0.717) is 26.3 Å². The van der Waals surface area contributed by atoms with Crippen LogP contribution in [0.3, 0.4) is 0 Å². The van der Waals surface area contributed by atoms with E-state index in [1.807, 2.05) is 42.5 Å². The quantitative estimate of drug-likeness (QED) is 0.418. The first-order chi connectivity index (χ1) is 12.3. The van der Waals surface area contributed by atoms with Crippen molar-refractivity contribution in [2.45, 2.75) is 20.1 Å². The lowest BCUT2D eigenvalue weighted by atomic mass is 10.2. The molecule has 0 radical (unpaired) electrons. The van der Waals surface area contributed by atoms with Crippen LogP contribution in [0.2, 0.25) is 0 Å². The fourth-order valence-electron chi connectivity index (χ4n) is 2.29. The molecule has 0 bridgehead atoms. The van der Waals surface area contributed by atoms with Gasteiger partial charge >= 0.3 is 0 Å². The molecule has 5 heteroatoms. The highest BCUT2D eigenvalue weighted by Gasteiger charge is 1.99. The Balaban J connectivity index is 1.75. The van der Waals surface area contributed by atoms with E-state index in [2.05, 4.69) is 34.7 Å². The SMILES string of the molecule is CCNC(=NCc1cccc(OC)c1)NCCOCc1ccccc1. The third-order valence-electron chi connectivity index (χ3n) is 3.55. The number of hydrogen-bond donors (Lipinski definition) is 2. The van der Waals surface area contributed by atoms with E-state index in [1.165, 1.54) is 5.56 Å². The molecule has 0 saturated carbocycles. The van der Waals surface area contributed by atoms with Crippen LogP contribution in [0.1, 0.15) is 18.1 Å². The van der Waals surface area contributed by atoms with Crippen LogP contribution in [0.4, 0.5) is 0 Å². The van der Waals surface area contributed by atoms with Crippen molar-refractivity contribution in [1.29, 1.82) is 0 Å². The molecule has 2 aromatic carbocycles. The number of ether oxygens (including phenoxy) is 2. The Morgan fingerprint density at radius 2 is 1.80 bits per heavy atom. The molecule has 0 aromatic heterocycles. The van der Waals surface area contributed by atoms with Crippen molar-refractivity contribution in [3.8, 4) is 5.75 Å². The van der Waals surface area contributed by atoms with Crippen LogP contribution in [0.25, 0.3) is 0 Å². The predicted molar refractivity (Wildman–Crippen MR) is 102 cm³/mol. The Kier molecular flexibility index (Phi) is 8.35. The lowest BCUT2D eigenvalue weighted by Crippen LogP contribution is -2.38. The average Bonchev–Trinajstić information content (AvgIpc) is 2.66. The zero-order valence-corrected chi connectivity index (χ0v) is 15.0. The summed E-state index contributed by atoms with van der Waals surface area (Å²) in [6, 6.07) is 18.1. The largest absolute Gasteiger partial charge is 0.497 e. The number of nitrogens with one attached hydrogen (secondary N) is 2. The van der Waals surface area contributed by atoms with Gasteiger partial charge in [-0.3, -0.25) is 0 Å². The third kappa shape index (κ3) is 7.27. The van der Waals surface area contributed by atoms with Gasteiger partial charge in [0.15, 0.2) is 5.96 Å². The summed E-state index contributed by atoms with van der Waals surface area (Å²) >= 11 is 0. The molecule has 0 saturated heterocycles. The van der Waals surface area contributed by atoms with Crippen LogP contribution in [0.5, 0.6) is 5.75 Å². The summed E-state index contributed by atoms with van der Waals surface area (Å²) in [6.45, 7) is 5.41. The van der Waals surface area contributed by atoms with Gasteiger partial charge in [0.2, 0.25) is 0 Å². The van der Waals surface area contributed by atoms with E-state index in [9.17, 15) is 0 Å². The number of aliphatic imine (C=N–C) groups is 1. The zero-order valence-electron chi connectivity index (χ0n) is 15.0. The van der Waals surface area contributed by atoms with E-state index in [1.54, 1.807) is 7.11 Å². The molecular formula is C20H27N3O2. The molecule has 0 aliphatic carbocycles. The van der Waals surface area contributed by atoms with Gasteiger partial charge in [-0.2, -0.15) is 0 Å². The maximum absolute atomic E-state index is 5.68. The Morgan fingerprint density at radius 3 is 2.56 bits per heavy atom. The summed E-state index contributed by atoms with van der Waals surface area (Å²) in [5.74, 6) is 1.63. The molecule has 0 atom stereocenters. The molecule has 0 aliphatic rings. The van der Waals surface area contributed by atoms with Gasteiger partial charge in [-0.05, 0) is 30.2 Å². The number of rotatable bonds is 9. The summed E-state index contributed by atoms with van der Waals surface area (Å²) < 4.78 is 10.9. The second-order valence-electron chi connectivity index (χ2n) is 5.51. The van der Waals surface area contributed by atoms with Crippen LogP contribution in [0.15, 0.2) is 59.6 Å². The first kappa shape index (κ1) is 18.8. The topological polar surface area (TPSA) is 54.9 Å². The highest BCUT2D eigenvalue weighted by Crippen LogP contribution is 2.13. The van der Waals surface area contributed by atoms with Gasteiger partial charge in [0.05, 0.1) is 26.9 Å². The first-order valence-electron chi connectivity index (χ1n) is 8.58. The van der Waals surface area contributed by atoms with E-state index in [4.69, 9.17) is 9.47 Å². The van der Waals surface area contributed by atoms with Gasteiger partial charge in [0.1, 0.15) is 5.75 Å². The molecule has 2 rings (SSSR count). The first-order valence-corrected chi connectivity index (χ1v) is 8.58. The second kappa shape index (κ2) is 11.1. The minimum absolute atomic E-state index is 0.595. The van der Waals surface area contributed by atoms with Crippen LogP contribution < -0.4 is 15.4 Å². The Morgan fingerprint density at radius 1 is 1.00 bits per heavy atom. The molecule has 0 aliphatic heterocycles. The van der Waals surface area contributed by atoms with Gasteiger partial charge in [-0.1, -0.05) is 42.5 Å². The number of nitrogens with zero attached hydrogens (tertiary/aromatic N) is 1. The summed E-state index contributed by atoms with van der Waals surface area (Å²) in [4.78, 5) is 4.60. The molecular weight excluding hydrogens is 314 g/mol. The van der Waals surface area contributed by atoms with Crippen molar-refractivity contribution in [3.63, 3.8) is 0 Å². The predicted octanol–water partition coefficient (Wildman–Crippen LogP) is 2.97. The molecule has 25 heavy (non-hydrogen) atoms. The third-order valence-corrected chi connectivity index (χ3v) is 3.55. The van der Waals surface area contributed by atoms with Crippen molar-refractivity contribution < 1.29 is 9.47 Å². The van der Waals surface area contributed by atoms with Gasteiger partial charge in [0.25, 0.3) is 0 Å². The number of guanidine groups is 1. The van der Waals surface area contributed by atoms with E-state index >= 15 is 0 Å². The standard InChI is InChI=1S/C20H27N3O2/c1-3-21-20(23-15-18-10-7-11-19(14-18)24-2)22-12-13-25-16-17-8-5-4-6-9-17/h4-11,14H,3,12-13,15-16H2,1-2H3,(H2,21,22,23). The molecule has 0 fully saturated rings. The minimum Gasteiger partial charge on any atom is -0.497 e. The summed E-state index contributed by atoms with van der Waals surface area (Å²) in [5, 5.41) is 6.53. The Hall–Kier alpha value is -2.53. The number of benzene rings is 2. The summed E-state index contributed by atoms with van der Waals surface area (Å²) in [7, 11) is 1.67. The van der Waals surface area contributed by atoms with E-state index in [-0.39, 0.29) is 0 Å². The van der Waals surface area contributed by atoms with Crippen LogP contribution in [-0.4, -0.2) is 32.8 Å². The highest BCUT2D eigenvalue weighted by molar-refractivity contribution is 5.79. The molecule has 0 unspecified atom stereocenters. The lowest BCUT2D eigenvalue weighted by molar-refractivity contribution is 0.125. The fourth-order valence-corrected chi connectivity index (χ4v) is 2.29. The molecule has 2 N–H and O–H groups in total. The fraction of sp³-hybridized carbons (Fsp3) is 0.350. The van der Waals surface area contributed by atoms with Gasteiger partial charge < -0.3 is 20.1 Å². The zero-order chi connectivity index (χ0) is 17.7. The van der Waals surface area contributed by atoms with Crippen LogP contribution >= 0.6 is 0 Å². The van der Waals surface area contributed by atoms with Crippen molar-refractivity contribution >= 4 is 5.96 Å². The minimum atomic E-state index is 0.595. The Labute approximate surface area is 150 Å². The van der Waals surface area contributed by atoms with Gasteiger partial charge in [-0.25, -0.2) is 4.99 Å². The van der Waals surface area contributed by atoms with Crippen molar-refractivity contribution in [3.05, 3.63) is 65.7 Å². The maximum atomic E-state index is 5.68. The van der Waals surface area contributed by atoms with Crippen molar-refractivity contribution in [2.75, 3.05) is 26.8 Å². The summed E-state index contributed by atoms with van der Waals surface area (Å²) in [5.41, 5.74) is 2.29. The normalized spacial score (nSPS) is 11.2. The average molecular weight is 341 g/mol. The molecule has 2 aromatic rings. The molecule has 134 valence electrons. The number of hydrogen-bond acceptors (Lipinski definition) is 3. The van der Waals surface area contributed by atoms with Crippen LogP contribution in [-0.2, 0) is 17.9 Å². The molecule has 0 amide bonds. The molecule has 0 heterocycles. The van der Waals surface area contributed by atoms with Gasteiger partial charge in [0, 0.05) is 13.1 Å². The van der Waals surface area contributed by atoms with Crippen molar-refractivity contribution in [1.82, 2.24) is 10.6 Å². The lowest BCUT2D eigenvalue weighted by Gasteiger charge is -2.12. The van der Waals surface area contributed by atoms with E-state index in [0.717, 1.165) is 23.8 Å². The second-order valence-corrected chi connectivity index (χ2v) is 5.51. The molecule has 0 spiro atoms. The number of methoxy groups -OCH3 is 1. The van der Waals surface area contributed by atoms with Gasteiger partial charge in [-0.15, -0.1) is 0 Å². The van der Waals surface area contributed by atoms with E-state index < -0.39 is 0 Å². The molecule has 5 nitrogen and oxygen atoms in total. The Bertz CT molecular complexity index is 644.